The van der Waals surface area contributed by atoms with Crippen LogP contribution in [-0.2, 0) is 11.3 Å². The highest BCUT2D eigenvalue weighted by molar-refractivity contribution is 5.80. The molecule has 0 spiro atoms. The van der Waals surface area contributed by atoms with E-state index in [1.165, 1.54) is 6.20 Å². The lowest BCUT2D eigenvalue weighted by Crippen LogP contribution is -2.35. The summed E-state index contributed by atoms with van der Waals surface area (Å²) in [5.74, 6) is 0.646. The van der Waals surface area contributed by atoms with Crippen LogP contribution in [0.3, 0.4) is 0 Å². The highest BCUT2D eigenvalue weighted by Gasteiger charge is 2.16. The molecule has 1 aromatic carbocycles. The molecular formula is C17H16N4O4. The standard InChI is InChI=1S/C17H16N4O4/c1-11(24-12-6-3-2-4-7-12)16(22)19-10-14-20-15(21-25-14)13-8-5-9-18-17(13)23/h2-9,11H,10H2,1H3,(H,18,23)(H,19,22)/t11-/m1/s1. The molecule has 1 atom stereocenters. The molecule has 3 aromatic rings. The van der Waals surface area contributed by atoms with Gasteiger partial charge in [0.1, 0.15) is 5.75 Å². The molecular weight excluding hydrogens is 324 g/mol. The predicted molar refractivity (Wildman–Crippen MR) is 88.7 cm³/mol. The highest BCUT2D eigenvalue weighted by Crippen LogP contribution is 2.12. The summed E-state index contributed by atoms with van der Waals surface area (Å²) in [5, 5.41) is 6.40. The molecule has 2 aromatic heterocycles. The topological polar surface area (TPSA) is 110 Å². The second-order valence-electron chi connectivity index (χ2n) is 5.22. The molecule has 0 bridgehead atoms. The Morgan fingerprint density at radius 2 is 2.08 bits per heavy atom. The van der Waals surface area contributed by atoms with E-state index in [-0.39, 0.29) is 29.7 Å². The molecule has 128 valence electrons. The van der Waals surface area contributed by atoms with Gasteiger partial charge in [-0.1, -0.05) is 23.4 Å². The summed E-state index contributed by atoms with van der Waals surface area (Å²) in [6, 6.07) is 12.3. The number of carbonyl (C=O) groups excluding carboxylic acids is 1. The Bertz CT molecular complexity index is 904. The molecule has 0 saturated carbocycles. The third-order valence-electron chi connectivity index (χ3n) is 3.37. The van der Waals surface area contributed by atoms with Crippen LogP contribution in [0.1, 0.15) is 12.8 Å². The van der Waals surface area contributed by atoms with Gasteiger partial charge in [-0.2, -0.15) is 4.98 Å². The molecule has 1 amide bonds. The fourth-order valence-electron chi connectivity index (χ4n) is 2.10. The second-order valence-corrected chi connectivity index (χ2v) is 5.22. The van der Waals surface area contributed by atoms with Crippen molar-refractivity contribution >= 4 is 5.91 Å². The molecule has 0 aliphatic heterocycles. The third-order valence-corrected chi connectivity index (χ3v) is 3.37. The normalized spacial score (nSPS) is 11.7. The van der Waals surface area contributed by atoms with Crippen LogP contribution in [-0.4, -0.2) is 27.1 Å². The average molecular weight is 340 g/mol. The van der Waals surface area contributed by atoms with Crippen molar-refractivity contribution in [3.05, 3.63) is 64.9 Å². The van der Waals surface area contributed by atoms with Gasteiger partial charge in [0.25, 0.3) is 11.5 Å². The van der Waals surface area contributed by atoms with Crippen molar-refractivity contribution < 1.29 is 14.1 Å². The van der Waals surface area contributed by atoms with Crippen molar-refractivity contribution in [2.45, 2.75) is 19.6 Å². The summed E-state index contributed by atoms with van der Waals surface area (Å²) in [5.41, 5.74) is -0.0200. The zero-order valence-electron chi connectivity index (χ0n) is 13.4. The van der Waals surface area contributed by atoms with Crippen LogP contribution >= 0.6 is 0 Å². The molecule has 0 aliphatic rings. The minimum atomic E-state index is -0.679. The Hall–Kier alpha value is -3.42. The lowest BCUT2D eigenvalue weighted by atomic mass is 10.3. The number of carbonyl (C=O) groups is 1. The summed E-state index contributed by atoms with van der Waals surface area (Å²) in [7, 11) is 0. The van der Waals surface area contributed by atoms with Gasteiger partial charge < -0.3 is 19.6 Å². The number of nitrogens with zero attached hydrogens (tertiary/aromatic N) is 2. The van der Waals surface area contributed by atoms with Crippen LogP contribution in [0.15, 0.2) is 58.0 Å². The van der Waals surface area contributed by atoms with Crippen LogP contribution in [0.5, 0.6) is 5.75 Å². The fraction of sp³-hybridized carbons (Fsp3) is 0.176. The molecule has 0 saturated heterocycles. The van der Waals surface area contributed by atoms with E-state index in [0.29, 0.717) is 11.3 Å². The zero-order valence-corrected chi connectivity index (χ0v) is 13.4. The van der Waals surface area contributed by atoms with Gasteiger partial charge in [-0.15, -0.1) is 0 Å². The first-order valence-electron chi connectivity index (χ1n) is 7.63. The third kappa shape index (κ3) is 4.11. The van der Waals surface area contributed by atoms with E-state index in [1.807, 2.05) is 18.2 Å². The summed E-state index contributed by atoms with van der Waals surface area (Å²) in [4.78, 5) is 30.4. The molecule has 2 N–H and O–H groups in total. The SMILES string of the molecule is C[C@@H](Oc1ccccc1)C(=O)NCc1nc(-c2ccc[nH]c2=O)no1. The minimum absolute atomic E-state index is 0.0407. The molecule has 0 unspecified atom stereocenters. The van der Waals surface area contributed by atoms with Gasteiger partial charge in [0.2, 0.25) is 11.7 Å². The molecule has 0 radical (unpaired) electrons. The lowest BCUT2D eigenvalue weighted by molar-refractivity contribution is -0.127. The van der Waals surface area contributed by atoms with Gasteiger partial charge in [-0.25, -0.2) is 0 Å². The largest absolute Gasteiger partial charge is 0.481 e. The molecule has 8 heteroatoms. The average Bonchev–Trinajstić information content (AvgIpc) is 3.09. The van der Waals surface area contributed by atoms with E-state index in [1.54, 1.807) is 31.2 Å². The van der Waals surface area contributed by atoms with E-state index in [4.69, 9.17) is 9.26 Å². The summed E-state index contributed by atoms with van der Waals surface area (Å²) >= 11 is 0. The van der Waals surface area contributed by atoms with Crippen molar-refractivity contribution in [3.63, 3.8) is 0 Å². The number of aromatic nitrogens is 3. The number of ether oxygens (including phenoxy) is 1. The van der Waals surface area contributed by atoms with Crippen molar-refractivity contribution in [3.8, 4) is 17.1 Å². The Labute approximate surface area is 142 Å². The molecule has 2 heterocycles. The first-order chi connectivity index (χ1) is 12.1. The van der Waals surface area contributed by atoms with E-state index < -0.39 is 6.10 Å². The second kappa shape index (κ2) is 7.43. The molecule has 0 aliphatic carbocycles. The van der Waals surface area contributed by atoms with Crippen molar-refractivity contribution in [1.29, 1.82) is 0 Å². The van der Waals surface area contributed by atoms with Gasteiger partial charge in [-0.05, 0) is 31.2 Å². The maximum atomic E-state index is 12.1. The van der Waals surface area contributed by atoms with Crippen molar-refractivity contribution in [1.82, 2.24) is 20.4 Å². The maximum Gasteiger partial charge on any atom is 0.261 e. The smallest absolute Gasteiger partial charge is 0.261 e. The Kier molecular flexibility index (Phi) is 4.89. The quantitative estimate of drug-likeness (QED) is 0.704. The first kappa shape index (κ1) is 16.4. The molecule has 0 fully saturated rings. The van der Waals surface area contributed by atoms with Crippen LogP contribution in [0.2, 0.25) is 0 Å². The summed E-state index contributed by atoms with van der Waals surface area (Å²) in [6.45, 7) is 1.68. The van der Waals surface area contributed by atoms with Gasteiger partial charge in [0.05, 0.1) is 12.1 Å². The van der Waals surface area contributed by atoms with Gasteiger partial charge >= 0.3 is 0 Å². The fourth-order valence-corrected chi connectivity index (χ4v) is 2.10. The molecule has 8 nitrogen and oxygen atoms in total. The highest BCUT2D eigenvalue weighted by atomic mass is 16.5. The number of rotatable bonds is 6. The van der Waals surface area contributed by atoms with Crippen LogP contribution in [0.4, 0.5) is 0 Å². The van der Waals surface area contributed by atoms with E-state index in [9.17, 15) is 9.59 Å². The summed E-state index contributed by atoms with van der Waals surface area (Å²) in [6.07, 6.45) is 0.836. The number of pyridine rings is 1. The number of nitrogens with one attached hydrogen (secondary N) is 2. The van der Waals surface area contributed by atoms with Gasteiger partial charge in [-0.3, -0.25) is 9.59 Å². The molecule has 25 heavy (non-hydrogen) atoms. The number of H-pyrrole nitrogens is 1. The van der Waals surface area contributed by atoms with Crippen LogP contribution < -0.4 is 15.6 Å². The maximum absolute atomic E-state index is 12.1. The Morgan fingerprint density at radius 3 is 2.84 bits per heavy atom. The monoisotopic (exact) mass is 340 g/mol. The van der Waals surface area contributed by atoms with Crippen LogP contribution in [0, 0.1) is 0 Å². The number of hydrogen-bond acceptors (Lipinski definition) is 6. The summed E-state index contributed by atoms with van der Waals surface area (Å²) < 4.78 is 10.6. The van der Waals surface area contributed by atoms with E-state index >= 15 is 0 Å². The number of amides is 1. The number of aromatic amines is 1. The number of benzene rings is 1. The Balaban J connectivity index is 1.58. The first-order valence-corrected chi connectivity index (χ1v) is 7.63. The minimum Gasteiger partial charge on any atom is -0.481 e. The van der Waals surface area contributed by atoms with Crippen molar-refractivity contribution in [2.75, 3.05) is 0 Å². The lowest BCUT2D eigenvalue weighted by Gasteiger charge is -2.13. The van der Waals surface area contributed by atoms with E-state index in [2.05, 4.69) is 20.4 Å². The van der Waals surface area contributed by atoms with Gasteiger partial charge in [0.15, 0.2) is 6.10 Å². The van der Waals surface area contributed by atoms with Crippen LogP contribution in [0.25, 0.3) is 11.4 Å². The Morgan fingerprint density at radius 1 is 1.28 bits per heavy atom. The number of hydrogen-bond donors (Lipinski definition) is 2. The van der Waals surface area contributed by atoms with Gasteiger partial charge in [0, 0.05) is 6.20 Å². The van der Waals surface area contributed by atoms with Crippen molar-refractivity contribution in [2.24, 2.45) is 0 Å². The zero-order chi connectivity index (χ0) is 17.6. The predicted octanol–water partition coefficient (Wildman–Crippen LogP) is 1.51. The van der Waals surface area contributed by atoms with E-state index in [0.717, 1.165) is 0 Å². The number of para-hydroxylation sites is 1. The molecule has 3 rings (SSSR count).